The molecule has 3 atom stereocenters. The quantitative estimate of drug-likeness (QED) is 0.414. The maximum absolute atomic E-state index is 14.2. The highest BCUT2D eigenvalue weighted by molar-refractivity contribution is 7.17. The summed E-state index contributed by atoms with van der Waals surface area (Å²) >= 11 is 0. The van der Waals surface area contributed by atoms with Gasteiger partial charge in [0.25, 0.3) is 11.8 Å². The van der Waals surface area contributed by atoms with Crippen LogP contribution in [0.25, 0.3) is 0 Å². The highest BCUT2D eigenvalue weighted by Crippen LogP contribution is 2.40. The van der Waals surface area contributed by atoms with E-state index >= 15 is 0 Å². The Morgan fingerprint density at radius 2 is 1.15 bits per heavy atom. The van der Waals surface area contributed by atoms with Crippen LogP contribution in [0.3, 0.4) is 0 Å². The van der Waals surface area contributed by atoms with E-state index in [0.29, 0.717) is 17.7 Å². The van der Waals surface area contributed by atoms with Gasteiger partial charge in [-0.3, -0.25) is 4.90 Å². The zero-order valence-corrected chi connectivity index (χ0v) is 15.2. The van der Waals surface area contributed by atoms with Gasteiger partial charge in [-0.05, 0) is 25.9 Å². The van der Waals surface area contributed by atoms with Crippen LogP contribution in [0, 0.1) is 0 Å². The molecule has 1 heterocycles. The van der Waals surface area contributed by atoms with Gasteiger partial charge in [0.05, 0.1) is 0 Å². The summed E-state index contributed by atoms with van der Waals surface area (Å²) in [4.78, 5) is 0.530. The highest BCUT2D eigenvalue weighted by atomic mass is 31.0. The highest BCUT2D eigenvalue weighted by Gasteiger charge is 2.59. The minimum absolute atomic E-state index is 0.252. The molecule has 162 valence electrons. The number of nitrogens with zero attached hydrogens (tertiary/aromatic N) is 1. The number of hydrogen-bond donors (Lipinski definition) is 0. The molecule has 0 aromatic rings. The molecule has 1 aliphatic rings. The normalized spacial score (nSPS) is 21.0. The van der Waals surface area contributed by atoms with E-state index in [1.165, 1.54) is 0 Å². The summed E-state index contributed by atoms with van der Waals surface area (Å²) < 4.78 is 136. The molecule has 0 aromatic carbocycles. The lowest BCUT2D eigenvalue weighted by Gasteiger charge is -2.37. The monoisotopic (exact) mass is 439 g/mol. The van der Waals surface area contributed by atoms with Crippen LogP contribution >= 0.6 is 9.24 Å². The van der Waals surface area contributed by atoms with Gasteiger partial charge in [-0.15, -0.1) is 9.24 Å². The van der Waals surface area contributed by atoms with Crippen molar-refractivity contribution in [1.29, 1.82) is 0 Å². The van der Waals surface area contributed by atoms with Crippen LogP contribution in [0.1, 0.15) is 25.7 Å². The molecule has 0 radical (unpaired) electrons. The Labute approximate surface area is 151 Å². The smallest absolute Gasteiger partial charge is 0.369 e. The SMILES string of the molecule is FC(F)(F)C(P)C(F)(F)COCC(F)(F)C(N1CCCCCC1)C(F)(F)F. The maximum atomic E-state index is 14.2. The molecule has 1 rings (SSSR count). The molecular weight excluding hydrogens is 419 g/mol. The Bertz CT molecular complexity index is 460. The molecule has 27 heavy (non-hydrogen) atoms. The lowest BCUT2D eigenvalue weighted by Crippen LogP contribution is -2.58. The Morgan fingerprint density at radius 3 is 1.56 bits per heavy atom. The van der Waals surface area contributed by atoms with Gasteiger partial charge in [-0.25, -0.2) is 17.6 Å². The van der Waals surface area contributed by atoms with Crippen LogP contribution in [0.15, 0.2) is 0 Å². The summed E-state index contributed by atoms with van der Waals surface area (Å²) in [5.41, 5.74) is -3.28. The van der Waals surface area contributed by atoms with Crippen molar-refractivity contribution >= 4 is 9.24 Å². The number of likely N-dealkylation sites (tertiary alicyclic amines) is 1. The third-order valence-corrected chi connectivity index (χ3v) is 4.98. The summed E-state index contributed by atoms with van der Waals surface area (Å²) in [6, 6.07) is -3.26. The van der Waals surface area contributed by atoms with Crippen molar-refractivity contribution in [3.05, 3.63) is 0 Å². The van der Waals surface area contributed by atoms with Gasteiger partial charge >= 0.3 is 12.4 Å². The van der Waals surface area contributed by atoms with Crippen LogP contribution in [-0.2, 0) is 4.74 Å². The van der Waals surface area contributed by atoms with Crippen LogP contribution < -0.4 is 0 Å². The standard InChI is InChI=1S/C14H20F10NOP/c15-11(16,7-26-8-12(17,18)10(27)14(22,23)24)9(13(19,20)21)25-5-3-1-2-4-6-25/h9-10H,1-8,27H2. The Balaban J connectivity index is 2.82. The average Bonchev–Trinajstić information content (AvgIpc) is 2.72. The Morgan fingerprint density at radius 1 is 0.704 bits per heavy atom. The van der Waals surface area contributed by atoms with E-state index in [9.17, 15) is 43.9 Å². The molecule has 0 amide bonds. The zero-order valence-electron chi connectivity index (χ0n) is 14.0. The first-order chi connectivity index (χ1) is 12.1. The van der Waals surface area contributed by atoms with Gasteiger partial charge in [-0.2, -0.15) is 26.3 Å². The molecule has 13 heteroatoms. The van der Waals surface area contributed by atoms with Crippen molar-refractivity contribution < 1.29 is 48.6 Å². The summed E-state index contributed by atoms with van der Waals surface area (Å²) in [6.45, 7) is -4.66. The molecule has 0 bridgehead atoms. The number of halogens is 10. The first-order valence-electron chi connectivity index (χ1n) is 8.05. The zero-order chi connectivity index (χ0) is 21.1. The molecule has 1 saturated heterocycles. The number of alkyl halides is 10. The molecule has 0 saturated carbocycles. The van der Waals surface area contributed by atoms with Crippen molar-refractivity contribution in [1.82, 2.24) is 4.90 Å². The first kappa shape index (κ1) is 24.7. The predicted molar refractivity (Wildman–Crippen MR) is 80.2 cm³/mol. The fraction of sp³-hybridized carbons (Fsp3) is 1.00. The van der Waals surface area contributed by atoms with Gasteiger partial charge in [0.2, 0.25) is 0 Å². The summed E-state index contributed by atoms with van der Waals surface area (Å²) in [5, 5.41) is 0. The lowest BCUT2D eigenvalue weighted by atomic mass is 10.1. The molecule has 1 fully saturated rings. The van der Waals surface area contributed by atoms with Crippen molar-refractivity contribution in [3.63, 3.8) is 0 Å². The van der Waals surface area contributed by atoms with Gasteiger partial charge in [-0.1, -0.05) is 12.8 Å². The minimum atomic E-state index is -5.37. The molecule has 1 aliphatic heterocycles. The van der Waals surface area contributed by atoms with E-state index < -0.39 is 49.1 Å². The third-order valence-electron chi connectivity index (χ3n) is 4.11. The van der Waals surface area contributed by atoms with Crippen LogP contribution in [0.2, 0.25) is 0 Å². The van der Waals surface area contributed by atoms with Crippen LogP contribution in [0.4, 0.5) is 43.9 Å². The molecule has 0 spiro atoms. The van der Waals surface area contributed by atoms with Crippen molar-refractivity contribution in [2.45, 2.75) is 61.6 Å². The number of ether oxygens (including phenoxy) is 1. The van der Waals surface area contributed by atoms with Gasteiger partial charge in [0.15, 0.2) is 6.04 Å². The molecule has 2 nitrogen and oxygen atoms in total. The molecule has 0 aromatic heterocycles. The fourth-order valence-corrected chi connectivity index (χ4v) is 2.89. The molecular formula is C14H20F10NOP. The van der Waals surface area contributed by atoms with Gasteiger partial charge in [0, 0.05) is 0 Å². The largest absolute Gasteiger partial charge is 0.410 e. The van der Waals surface area contributed by atoms with Crippen molar-refractivity contribution in [2.75, 3.05) is 26.3 Å². The van der Waals surface area contributed by atoms with E-state index in [0.717, 1.165) is 9.24 Å². The molecule has 0 aliphatic carbocycles. The minimum Gasteiger partial charge on any atom is -0.369 e. The Kier molecular flexibility index (Phi) is 8.21. The lowest BCUT2D eigenvalue weighted by molar-refractivity contribution is -0.262. The fourth-order valence-electron chi connectivity index (χ4n) is 2.80. The summed E-state index contributed by atoms with van der Waals surface area (Å²) in [6.07, 6.45) is -9.04. The second-order valence-electron chi connectivity index (χ2n) is 6.43. The van der Waals surface area contributed by atoms with E-state index in [1.54, 1.807) is 0 Å². The van der Waals surface area contributed by atoms with Crippen LogP contribution in [0.5, 0.6) is 0 Å². The maximum Gasteiger partial charge on any atom is 0.410 e. The van der Waals surface area contributed by atoms with Gasteiger partial charge < -0.3 is 4.74 Å². The van der Waals surface area contributed by atoms with Crippen LogP contribution in [-0.4, -0.2) is 67.1 Å². The molecule has 3 unspecified atom stereocenters. The third kappa shape index (κ3) is 7.20. The Hall–Kier alpha value is -0.350. The summed E-state index contributed by atoms with van der Waals surface area (Å²) in [5.74, 6) is -9.19. The number of rotatable bonds is 7. The van der Waals surface area contributed by atoms with Crippen molar-refractivity contribution in [3.8, 4) is 0 Å². The number of hydrogen-bond acceptors (Lipinski definition) is 2. The topological polar surface area (TPSA) is 12.5 Å². The van der Waals surface area contributed by atoms with Gasteiger partial charge in [0.1, 0.15) is 18.9 Å². The molecule has 0 N–H and O–H groups in total. The first-order valence-corrected chi connectivity index (χ1v) is 8.72. The van der Waals surface area contributed by atoms with Crippen molar-refractivity contribution in [2.24, 2.45) is 0 Å². The van der Waals surface area contributed by atoms with E-state index in [4.69, 9.17) is 0 Å². The van der Waals surface area contributed by atoms with E-state index in [1.807, 2.05) is 0 Å². The summed E-state index contributed by atoms with van der Waals surface area (Å²) in [7, 11) is 0.832. The second kappa shape index (κ2) is 8.98. The second-order valence-corrected chi connectivity index (χ2v) is 7.10. The van der Waals surface area contributed by atoms with E-state index in [-0.39, 0.29) is 25.9 Å². The average molecular weight is 439 g/mol. The predicted octanol–water partition coefficient (Wildman–Crippen LogP) is 4.89. The van der Waals surface area contributed by atoms with E-state index in [2.05, 4.69) is 4.74 Å².